The highest BCUT2D eigenvalue weighted by Crippen LogP contribution is 2.37. The lowest BCUT2D eigenvalue weighted by Gasteiger charge is -2.42. The number of hydrogen-bond acceptors (Lipinski definition) is 6. The zero-order valence-electron chi connectivity index (χ0n) is 20.8. The van der Waals surface area contributed by atoms with Crippen LogP contribution >= 0.6 is 11.6 Å². The Morgan fingerprint density at radius 2 is 1.66 bits per heavy atom. The number of aromatic nitrogens is 2. The summed E-state index contributed by atoms with van der Waals surface area (Å²) in [6.07, 6.45) is 3.41. The molecular weight excluding hydrogens is 466 g/mol. The smallest absolute Gasteiger partial charge is 0.257 e. The van der Waals surface area contributed by atoms with E-state index >= 15 is 0 Å². The quantitative estimate of drug-likeness (QED) is 0.607. The van der Waals surface area contributed by atoms with Crippen molar-refractivity contribution in [3.63, 3.8) is 0 Å². The molecule has 0 radical (unpaired) electrons. The van der Waals surface area contributed by atoms with E-state index < -0.39 is 0 Å². The number of rotatable bonds is 6. The summed E-state index contributed by atoms with van der Waals surface area (Å²) < 4.78 is 6.16. The largest absolute Gasteiger partial charge is 0.493 e. The Hall–Kier alpha value is -2.71. The molecule has 3 heterocycles. The number of amides is 2. The van der Waals surface area contributed by atoms with Gasteiger partial charge in [0.05, 0.1) is 17.9 Å². The van der Waals surface area contributed by atoms with Crippen molar-refractivity contribution in [2.24, 2.45) is 5.41 Å². The molecule has 0 atom stereocenters. The lowest BCUT2D eigenvalue weighted by atomic mass is 9.75. The molecule has 2 fully saturated rings. The molecular formula is C26H34ClN5O3. The summed E-state index contributed by atoms with van der Waals surface area (Å²) >= 11 is 6.01. The summed E-state index contributed by atoms with van der Waals surface area (Å²) in [5.41, 5.74) is 0.889. The summed E-state index contributed by atoms with van der Waals surface area (Å²) in [6, 6.07) is 7.28. The maximum atomic E-state index is 13.3. The molecule has 2 aliphatic heterocycles. The normalized spacial score (nSPS) is 18.4. The van der Waals surface area contributed by atoms with Crippen molar-refractivity contribution < 1.29 is 14.3 Å². The van der Waals surface area contributed by atoms with Crippen LogP contribution in [-0.2, 0) is 4.79 Å². The fourth-order valence-corrected chi connectivity index (χ4v) is 4.90. The average molecular weight is 500 g/mol. The van der Waals surface area contributed by atoms with E-state index in [9.17, 15) is 9.59 Å². The van der Waals surface area contributed by atoms with Gasteiger partial charge in [0.1, 0.15) is 11.6 Å². The lowest BCUT2D eigenvalue weighted by Crippen LogP contribution is -2.51. The highest BCUT2D eigenvalue weighted by atomic mass is 35.5. The van der Waals surface area contributed by atoms with Gasteiger partial charge >= 0.3 is 0 Å². The van der Waals surface area contributed by atoms with E-state index in [2.05, 4.69) is 21.9 Å². The zero-order chi connectivity index (χ0) is 25.0. The van der Waals surface area contributed by atoms with Gasteiger partial charge in [0.15, 0.2) is 0 Å². The molecule has 2 saturated heterocycles. The zero-order valence-corrected chi connectivity index (χ0v) is 21.6. The molecule has 188 valence electrons. The van der Waals surface area contributed by atoms with E-state index in [1.165, 1.54) is 0 Å². The second-order valence-corrected chi connectivity index (χ2v) is 10.2. The molecule has 0 unspecified atom stereocenters. The minimum atomic E-state index is -0.338. The molecule has 0 spiro atoms. The Balaban J connectivity index is 1.45. The number of carbonyl (C=O) groups is 2. The molecule has 4 rings (SSSR count). The molecule has 2 aliphatic rings. The minimum Gasteiger partial charge on any atom is -0.493 e. The molecule has 9 heteroatoms. The third-order valence-electron chi connectivity index (χ3n) is 7.18. The second-order valence-electron chi connectivity index (χ2n) is 9.81. The number of ether oxygens (including phenoxy) is 1. The summed E-state index contributed by atoms with van der Waals surface area (Å²) in [5, 5.41) is 0.652. The van der Waals surface area contributed by atoms with Crippen LogP contribution in [0.2, 0.25) is 5.02 Å². The van der Waals surface area contributed by atoms with Gasteiger partial charge in [0.2, 0.25) is 5.91 Å². The summed E-state index contributed by atoms with van der Waals surface area (Å²) in [5.74, 6) is 1.49. The Morgan fingerprint density at radius 1 is 1.00 bits per heavy atom. The topological polar surface area (TPSA) is 78.9 Å². The number of nitrogens with zero attached hydrogens (tertiary/aromatic N) is 5. The number of piperidine rings is 1. The monoisotopic (exact) mass is 499 g/mol. The number of hydrogen-bond donors (Lipinski definition) is 0. The van der Waals surface area contributed by atoms with Gasteiger partial charge in [-0.25, -0.2) is 9.97 Å². The molecule has 0 saturated carbocycles. The van der Waals surface area contributed by atoms with E-state index in [0.29, 0.717) is 61.1 Å². The number of aryl methyl sites for hydroxylation is 2. The van der Waals surface area contributed by atoms with Crippen molar-refractivity contribution in [2.45, 2.75) is 33.1 Å². The third kappa shape index (κ3) is 6.30. The van der Waals surface area contributed by atoms with Gasteiger partial charge in [-0.15, -0.1) is 0 Å². The number of likely N-dealkylation sites (N-methyl/N-ethyl adjacent to an activating group) is 1. The summed E-state index contributed by atoms with van der Waals surface area (Å²) in [7, 11) is 2.08. The fraction of sp³-hybridized carbons (Fsp3) is 0.538. The number of carbonyl (C=O) groups excluding carboxylic acids is 2. The molecule has 35 heavy (non-hydrogen) atoms. The molecule has 0 bridgehead atoms. The molecule has 8 nitrogen and oxygen atoms in total. The van der Waals surface area contributed by atoms with Crippen molar-refractivity contribution in [2.75, 3.05) is 52.9 Å². The Morgan fingerprint density at radius 3 is 2.29 bits per heavy atom. The van der Waals surface area contributed by atoms with Crippen LogP contribution in [0.3, 0.4) is 0 Å². The van der Waals surface area contributed by atoms with Gasteiger partial charge in [0.25, 0.3) is 5.91 Å². The van der Waals surface area contributed by atoms with Gasteiger partial charge in [0, 0.05) is 62.3 Å². The van der Waals surface area contributed by atoms with E-state index in [-0.39, 0.29) is 17.2 Å². The van der Waals surface area contributed by atoms with Crippen LogP contribution in [0, 0.1) is 19.3 Å². The van der Waals surface area contributed by atoms with Crippen molar-refractivity contribution >= 4 is 23.4 Å². The number of likely N-dealkylation sites (tertiary alicyclic amines) is 1. The third-order valence-corrected chi connectivity index (χ3v) is 7.43. The first kappa shape index (κ1) is 25.4. The summed E-state index contributed by atoms with van der Waals surface area (Å²) in [4.78, 5) is 41.1. The SMILES string of the molecule is Cc1ncc(C(=O)N2CCC(COc3ccc(Cl)cc3)(CC(=O)N3CCN(C)CC3)CC2)c(C)n1. The Bertz CT molecular complexity index is 1050. The van der Waals surface area contributed by atoms with Crippen molar-refractivity contribution in [3.8, 4) is 5.75 Å². The molecule has 2 amide bonds. The van der Waals surface area contributed by atoms with Crippen molar-refractivity contribution in [3.05, 3.63) is 52.6 Å². The molecule has 1 aromatic carbocycles. The maximum Gasteiger partial charge on any atom is 0.257 e. The lowest BCUT2D eigenvalue weighted by molar-refractivity contribution is -0.136. The second kappa shape index (κ2) is 10.9. The molecule has 1 aromatic heterocycles. The Kier molecular flexibility index (Phi) is 7.91. The van der Waals surface area contributed by atoms with Crippen LogP contribution in [0.15, 0.2) is 30.5 Å². The van der Waals surface area contributed by atoms with Gasteiger partial charge in [-0.1, -0.05) is 11.6 Å². The van der Waals surface area contributed by atoms with Crippen LogP contribution < -0.4 is 4.74 Å². The van der Waals surface area contributed by atoms with Crippen LogP contribution in [-0.4, -0.2) is 89.4 Å². The van der Waals surface area contributed by atoms with Crippen LogP contribution in [0.5, 0.6) is 5.75 Å². The van der Waals surface area contributed by atoms with Gasteiger partial charge in [-0.2, -0.15) is 0 Å². The predicted octanol–water partition coefficient (Wildman–Crippen LogP) is 3.21. The first-order valence-electron chi connectivity index (χ1n) is 12.2. The molecule has 0 aliphatic carbocycles. The highest BCUT2D eigenvalue weighted by Gasteiger charge is 2.40. The van der Waals surface area contributed by atoms with Crippen molar-refractivity contribution in [1.82, 2.24) is 24.7 Å². The van der Waals surface area contributed by atoms with Crippen LogP contribution in [0.4, 0.5) is 0 Å². The molecule has 0 N–H and O–H groups in total. The maximum absolute atomic E-state index is 13.3. The predicted molar refractivity (Wildman–Crippen MR) is 135 cm³/mol. The Labute approximate surface area is 212 Å². The van der Waals surface area contributed by atoms with Gasteiger partial charge < -0.3 is 19.4 Å². The van der Waals surface area contributed by atoms with Gasteiger partial charge in [-0.3, -0.25) is 9.59 Å². The van der Waals surface area contributed by atoms with Crippen LogP contribution in [0.25, 0.3) is 0 Å². The van der Waals surface area contributed by atoms with Gasteiger partial charge in [-0.05, 0) is 58.0 Å². The first-order chi connectivity index (χ1) is 16.7. The average Bonchev–Trinajstić information content (AvgIpc) is 2.84. The number of benzene rings is 1. The van der Waals surface area contributed by atoms with E-state index in [4.69, 9.17) is 16.3 Å². The minimum absolute atomic E-state index is 0.0555. The number of halogens is 1. The standard InChI is InChI=1S/C26H34ClN5O3/c1-19-23(17-28-20(2)29-19)25(34)32-10-8-26(9-11-32,18-35-22-6-4-21(27)5-7-22)16-24(33)31-14-12-30(3)13-15-31/h4-7,17H,8-16,18H2,1-3H3. The molecule has 2 aromatic rings. The van der Waals surface area contributed by atoms with Crippen LogP contribution in [0.1, 0.15) is 41.1 Å². The van der Waals surface area contributed by atoms with Crippen molar-refractivity contribution in [1.29, 1.82) is 0 Å². The number of piperazine rings is 1. The summed E-state index contributed by atoms with van der Waals surface area (Å²) in [6.45, 7) is 8.47. The van der Waals surface area contributed by atoms with E-state index in [1.54, 1.807) is 18.3 Å². The first-order valence-corrected chi connectivity index (χ1v) is 12.6. The highest BCUT2D eigenvalue weighted by molar-refractivity contribution is 6.30. The van der Waals surface area contributed by atoms with E-state index in [1.807, 2.05) is 35.8 Å². The van der Waals surface area contributed by atoms with E-state index in [0.717, 1.165) is 31.9 Å². The fourth-order valence-electron chi connectivity index (χ4n) is 4.78.